The van der Waals surface area contributed by atoms with Crippen molar-refractivity contribution in [1.29, 1.82) is 0 Å². The van der Waals surface area contributed by atoms with Crippen molar-refractivity contribution in [2.45, 2.75) is 6.42 Å². The van der Waals surface area contributed by atoms with Crippen molar-refractivity contribution in [1.82, 2.24) is 0 Å². The molecule has 1 aliphatic rings. The van der Waals surface area contributed by atoms with Gasteiger partial charge in [0.2, 0.25) is 11.8 Å². The number of hydrogen-bond acceptors (Lipinski definition) is 2. The lowest BCUT2D eigenvalue weighted by Gasteiger charge is -2.20. The van der Waals surface area contributed by atoms with E-state index in [0.717, 1.165) is 5.69 Å². The van der Waals surface area contributed by atoms with Crippen LogP contribution in [-0.4, -0.2) is 18.4 Å². The van der Waals surface area contributed by atoms with E-state index in [-0.39, 0.29) is 11.8 Å². The molecule has 16 heavy (non-hydrogen) atoms. The van der Waals surface area contributed by atoms with Gasteiger partial charge in [-0.2, -0.15) is 0 Å². The number of nitrogens with one attached hydrogen (secondary N) is 1. The van der Waals surface area contributed by atoms with Crippen molar-refractivity contribution < 1.29 is 9.59 Å². The fourth-order valence-electron chi connectivity index (χ4n) is 1.70. The molecule has 0 fully saturated rings. The van der Waals surface area contributed by atoms with Crippen molar-refractivity contribution in [2.75, 3.05) is 16.8 Å². The van der Waals surface area contributed by atoms with Gasteiger partial charge < -0.3 is 10.2 Å². The molecule has 0 atom stereocenters. The summed E-state index contributed by atoms with van der Waals surface area (Å²) >= 11 is 0. The molecule has 2 amide bonds. The summed E-state index contributed by atoms with van der Waals surface area (Å²) in [6.45, 7) is 3.84. The molecule has 4 heteroatoms. The topological polar surface area (TPSA) is 49.4 Å². The molecule has 0 spiro atoms. The lowest BCUT2D eigenvalue weighted by molar-refractivity contribution is -0.116. The van der Waals surface area contributed by atoms with Crippen LogP contribution in [0.1, 0.15) is 6.42 Å². The first-order valence-electron chi connectivity index (χ1n) is 5.05. The van der Waals surface area contributed by atoms with Gasteiger partial charge in [-0.25, -0.2) is 0 Å². The number of carbonyl (C=O) groups is 2. The van der Waals surface area contributed by atoms with Crippen molar-refractivity contribution in [3.05, 3.63) is 36.9 Å². The minimum Gasteiger partial charge on any atom is -0.324 e. The Kier molecular flexibility index (Phi) is 2.72. The third-order valence-corrected chi connectivity index (χ3v) is 2.47. The van der Waals surface area contributed by atoms with Crippen molar-refractivity contribution >= 4 is 23.2 Å². The molecule has 1 aromatic carbocycles. The second-order valence-electron chi connectivity index (χ2n) is 3.51. The number of para-hydroxylation sites is 2. The van der Waals surface area contributed by atoms with E-state index in [4.69, 9.17) is 0 Å². The third-order valence-electron chi connectivity index (χ3n) is 2.47. The zero-order valence-electron chi connectivity index (χ0n) is 8.77. The quantitative estimate of drug-likeness (QED) is 0.724. The SMILES string of the molecule is C=CC(=O)N1CCC(=O)Nc2ccccc21. The predicted molar refractivity (Wildman–Crippen MR) is 62.2 cm³/mol. The normalized spacial score (nSPS) is 14.8. The maximum atomic E-state index is 11.7. The summed E-state index contributed by atoms with van der Waals surface area (Å²) in [5.41, 5.74) is 1.39. The molecular weight excluding hydrogens is 204 g/mol. The number of carbonyl (C=O) groups excluding carboxylic acids is 2. The van der Waals surface area contributed by atoms with Crippen molar-refractivity contribution in [2.24, 2.45) is 0 Å². The van der Waals surface area contributed by atoms with Gasteiger partial charge in [-0.1, -0.05) is 18.7 Å². The number of fused-ring (bicyclic) bond motifs is 1. The van der Waals surface area contributed by atoms with E-state index in [2.05, 4.69) is 11.9 Å². The molecule has 0 saturated heterocycles. The summed E-state index contributed by atoms with van der Waals surface area (Å²) in [5.74, 6) is -0.268. The Morgan fingerprint density at radius 3 is 2.94 bits per heavy atom. The minimum atomic E-state index is -0.191. The van der Waals surface area contributed by atoms with Crippen LogP contribution < -0.4 is 10.2 Å². The standard InChI is InChI=1S/C12H12N2O2/c1-2-12(16)14-8-7-11(15)13-9-5-3-4-6-10(9)14/h2-6H,1,7-8H2,(H,13,15). The summed E-state index contributed by atoms with van der Waals surface area (Å²) in [4.78, 5) is 24.6. The molecule has 1 aliphatic heterocycles. The average molecular weight is 216 g/mol. The molecule has 0 unspecified atom stereocenters. The van der Waals surface area contributed by atoms with Crippen LogP contribution in [0.2, 0.25) is 0 Å². The number of rotatable bonds is 1. The molecule has 4 nitrogen and oxygen atoms in total. The Morgan fingerprint density at radius 2 is 2.19 bits per heavy atom. The molecule has 1 N–H and O–H groups in total. The molecule has 0 aliphatic carbocycles. The fourth-order valence-corrected chi connectivity index (χ4v) is 1.70. The predicted octanol–water partition coefficient (Wildman–Crippen LogP) is 1.55. The second kappa shape index (κ2) is 4.18. The zero-order valence-corrected chi connectivity index (χ0v) is 8.77. The molecular formula is C12H12N2O2. The maximum absolute atomic E-state index is 11.7. The average Bonchev–Trinajstić information content (AvgIpc) is 2.46. The van der Waals surface area contributed by atoms with Gasteiger partial charge in [0.05, 0.1) is 11.4 Å². The summed E-state index contributed by atoms with van der Waals surface area (Å²) in [6.07, 6.45) is 1.56. The van der Waals surface area contributed by atoms with Gasteiger partial charge in [-0.15, -0.1) is 0 Å². The van der Waals surface area contributed by atoms with Gasteiger partial charge in [0.1, 0.15) is 0 Å². The first kappa shape index (κ1) is 10.4. The van der Waals surface area contributed by atoms with Crippen LogP contribution in [0.4, 0.5) is 11.4 Å². The Hall–Kier alpha value is -2.10. The molecule has 1 heterocycles. The number of hydrogen-bond donors (Lipinski definition) is 1. The van der Waals surface area contributed by atoms with Crippen LogP contribution in [0, 0.1) is 0 Å². The maximum Gasteiger partial charge on any atom is 0.250 e. The minimum absolute atomic E-state index is 0.0770. The van der Waals surface area contributed by atoms with Crippen LogP contribution in [0.3, 0.4) is 0 Å². The molecule has 1 aromatic rings. The highest BCUT2D eigenvalue weighted by Gasteiger charge is 2.21. The van der Waals surface area contributed by atoms with Gasteiger partial charge in [0.15, 0.2) is 0 Å². The molecule has 82 valence electrons. The molecule has 0 saturated carbocycles. The van der Waals surface area contributed by atoms with Gasteiger partial charge in [-0.05, 0) is 18.2 Å². The highest BCUT2D eigenvalue weighted by molar-refractivity contribution is 6.07. The second-order valence-corrected chi connectivity index (χ2v) is 3.51. The van der Waals surface area contributed by atoms with Gasteiger partial charge in [-0.3, -0.25) is 9.59 Å². The lowest BCUT2D eigenvalue weighted by Crippen LogP contribution is -2.30. The molecule has 0 radical (unpaired) electrons. The Balaban J connectivity index is 2.46. The van der Waals surface area contributed by atoms with Crippen LogP contribution in [-0.2, 0) is 9.59 Å². The fraction of sp³-hybridized carbons (Fsp3) is 0.167. The first-order chi connectivity index (χ1) is 7.72. The summed E-state index contributed by atoms with van der Waals surface area (Å²) in [5, 5.41) is 2.76. The number of amides is 2. The molecule has 0 bridgehead atoms. The zero-order chi connectivity index (χ0) is 11.5. The smallest absolute Gasteiger partial charge is 0.250 e. The molecule has 0 aromatic heterocycles. The third kappa shape index (κ3) is 1.82. The van der Waals surface area contributed by atoms with Crippen molar-refractivity contribution in [3.8, 4) is 0 Å². The number of anilines is 2. The van der Waals surface area contributed by atoms with E-state index in [1.54, 1.807) is 11.0 Å². The molecule has 2 rings (SSSR count). The lowest BCUT2D eigenvalue weighted by atomic mass is 10.2. The van der Waals surface area contributed by atoms with Crippen LogP contribution in [0.25, 0.3) is 0 Å². The van der Waals surface area contributed by atoms with E-state index in [1.807, 2.05) is 18.2 Å². The number of benzene rings is 1. The Bertz CT molecular complexity index is 454. The highest BCUT2D eigenvalue weighted by atomic mass is 16.2. The largest absolute Gasteiger partial charge is 0.324 e. The monoisotopic (exact) mass is 216 g/mol. The van der Waals surface area contributed by atoms with Gasteiger partial charge >= 0.3 is 0 Å². The van der Waals surface area contributed by atoms with Crippen molar-refractivity contribution in [3.63, 3.8) is 0 Å². The summed E-state index contributed by atoms with van der Waals surface area (Å²) in [7, 11) is 0. The summed E-state index contributed by atoms with van der Waals surface area (Å²) in [6, 6.07) is 7.24. The Morgan fingerprint density at radius 1 is 1.44 bits per heavy atom. The van der Waals surface area contributed by atoms with Crippen LogP contribution >= 0.6 is 0 Å². The first-order valence-corrected chi connectivity index (χ1v) is 5.05. The van der Waals surface area contributed by atoms with E-state index in [1.165, 1.54) is 6.08 Å². The number of nitrogens with zero attached hydrogens (tertiary/aromatic N) is 1. The van der Waals surface area contributed by atoms with Gasteiger partial charge in [0.25, 0.3) is 0 Å². The van der Waals surface area contributed by atoms with E-state index < -0.39 is 0 Å². The van der Waals surface area contributed by atoms with Gasteiger partial charge in [0, 0.05) is 13.0 Å². The van der Waals surface area contributed by atoms with E-state index in [0.29, 0.717) is 18.7 Å². The van der Waals surface area contributed by atoms with Crippen LogP contribution in [0.15, 0.2) is 36.9 Å². The summed E-state index contributed by atoms with van der Waals surface area (Å²) < 4.78 is 0. The van der Waals surface area contributed by atoms with E-state index >= 15 is 0 Å². The Labute approximate surface area is 93.6 Å². The highest BCUT2D eigenvalue weighted by Crippen LogP contribution is 2.28. The van der Waals surface area contributed by atoms with Crippen LogP contribution in [0.5, 0.6) is 0 Å². The van der Waals surface area contributed by atoms with E-state index in [9.17, 15) is 9.59 Å².